The number of nitrogens with zero attached hydrogens (tertiary/aromatic N) is 2. The Morgan fingerprint density at radius 1 is 0.875 bits per heavy atom. The van der Waals surface area contributed by atoms with E-state index in [0.717, 1.165) is 42.7 Å². The Labute approximate surface area is 238 Å². The molecule has 208 valence electrons. The summed E-state index contributed by atoms with van der Waals surface area (Å²) < 4.78 is 0. The van der Waals surface area contributed by atoms with Gasteiger partial charge in [-0.25, -0.2) is 0 Å². The second-order valence-corrected chi connectivity index (χ2v) is 11.8. The van der Waals surface area contributed by atoms with E-state index in [2.05, 4.69) is 52.1 Å². The van der Waals surface area contributed by atoms with Crippen LogP contribution in [0, 0.1) is 0 Å². The SMILES string of the molecule is CC(C)(C)NC(=O)c1ccccc1C(=O)N1CCN(CC2=CNCCCC2)c2ccc(-c3ccccc3)cc2C1. The molecule has 2 heterocycles. The Morgan fingerprint density at radius 2 is 1.62 bits per heavy atom. The number of fused-ring (bicyclic) bond motifs is 1. The Balaban J connectivity index is 1.48. The highest BCUT2D eigenvalue weighted by molar-refractivity contribution is 6.07. The van der Waals surface area contributed by atoms with Crippen LogP contribution in [0.25, 0.3) is 11.1 Å². The average Bonchev–Trinajstić information content (AvgIpc) is 3.31. The Kier molecular flexibility index (Phi) is 8.24. The van der Waals surface area contributed by atoms with Gasteiger partial charge in [0, 0.05) is 44.0 Å². The highest BCUT2D eigenvalue weighted by atomic mass is 16.2. The molecule has 2 aliphatic rings. The number of carbonyl (C=O) groups excluding carboxylic acids is 2. The van der Waals surface area contributed by atoms with Crippen molar-refractivity contribution in [3.8, 4) is 11.1 Å². The molecule has 6 nitrogen and oxygen atoms in total. The van der Waals surface area contributed by atoms with Gasteiger partial charge < -0.3 is 20.4 Å². The number of rotatable bonds is 5. The fourth-order valence-electron chi connectivity index (χ4n) is 5.50. The van der Waals surface area contributed by atoms with Crippen LogP contribution in [0.2, 0.25) is 0 Å². The van der Waals surface area contributed by atoms with E-state index in [0.29, 0.717) is 24.2 Å². The zero-order valence-corrected chi connectivity index (χ0v) is 23.9. The van der Waals surface area contributed by atoms with Crippen LogP contribution in [-0.2, 0) is 6.54 Å². The van der Waals surface area contributed by atoms with Gasteiger partial charge in [0.05, 0.1) is 11.1 Å². The molecule has 0 spiro atoms. The smallest absolute Gasteiger partial charge is 0.255 e. The van der Waals surface area contributed by atoms with Gasteiger partial charge in [0.25, 0.3) is 11.8 Å². The molecular formula is C34H40N4O2. The molecule has 0 saturated carbocycles. The van der Waals surface area contributed by atoms with Gasteiger partial charge in [0.2, 0.25) is 0 Å². The summed E-state index contributed by atoms with van der Waals surface area (Å²) in [5, 5.41) is 6.46. The molecule has 0 aliphatic carbocycles. The van der Waals surface area contributed by atoms with E-state index < -0.39 is 5.54 Å². The van der Waals surface area contributed by atoms with Gasteiger partial charge in [-0.15, -0.1) is 0 Å². The fraction of sp³-hybridized carbons (Fsp3) is 0.353. The molecule has 0 aromatic heterocycles. The molecule has 3 aromatic rings. The molecule has 2 amide bonds. The van der Waals surface area contributed by atoms with Crippen molar-refractivity contribution >= 4 is 17.5 Å². The third-order valence-electron chi connectivity index (χ3n) is 7.48. The predicted octanol–water partition coefficient (Wildman–Crippen LogP) is 6.00. The van der Waals surface area contributed by atoms with Gasteiger partial charge >= 0.3 is 0 Å². The van der Waals surface area contributed by atoms with Crippen molar-refractivity contribution in [1.29, 1.82) is 0 Å². The molecule has 0 bridgehead atoms. The van der Waals surface area contributed by atoms with E-state index in [9.17, 15) is 9.59 Å². The lowest BCUT2D eigenvalue weighted by Gasteiger charge is -2.26. The summed E-state index contributed by atoms with van der Waals surface area (Å²) in [7, 11) is 0. The first-order valence-electron chi connectivity index (χ1n) is 14.3. The lowest BCUT2D eigenvalue weighted by molar-refractivity contribution is 0.0743. The van der Waals surface area contributed by atoms with Crippen molar-refractivity contribution in [2.75, 3.05) is 31.1 Å². The molecule has 5 rings (SSSR count). The van der Waals surface area contributed by atoms with Crippen LogP contribution in [0.3, 0.4) is 0 Å². The summed E-state index contributed by atoms with van der Waals surface area (Å²) in [6.45, 7) is 9.46. The summed E-state index contributed by atoms with van der Waals surface area (Å²) in [6, 6.07) is 24.1. The molecule has 0 radical (unpaired) electrons. The molecule has 0 unspecified atom stereocenters. The zero-order chi connectivity index (χ0) is 28.1. The van der Waals surface area contributed by atoms with Crippen LogP contribution >= 0.6 is 0 Å². The topological polar surface area (TPSA) is 64.7 Å². The van der Waals surface area contributed by atoms with E-state index in [1.807, 2.05) is 56.0 Å². The van der Waals surface area contributed by atoms with Crippen molar-refractivity contribution in [2.45, 2.75) is 52.1 Å². The average molecular weight is 537 g/mol. The zero-order valence-electron chi connectivity index (χ0n) is 23.9. The monoisotopic (exact) mass is 536 g/mol. The van der Waals surface area contributed by atoms with E-state index >= 15 is 0 Å². The molecule has 3 aromatic carbocycles. The first-order chi connectivity index (χ1) is 19.3. The summed E-state index contributed by atoms with van der Waals surface area (Å²) in [5.74, 6) is -0.347. The standard InChI is InChI=1S/C34H40N4O2/c1-34(2,3)36-32(39)29-14-7-8-15-30(29)33(40)38-20-19-37(23-25-11-9-10-18-35-22-25)31-17-16-27(21-28(31)24-38)26-12-5-4-6-13-26/h4-8,12-17,21-22,35H,9-11,18-20,23-24H2,1-3H3,(H,36,39). The Hall–Kier alpha value is -4.06. The molecule has 0 saturated heterocycles. The third-order valence-corrected chi connectivity index (χ3v) is 7.48. The largest absolute Gasteiger partial charge is 0.391 e. The predicted molar refractivity (Wildman–Crippen MR) is 162 cm³/mol. The van der Waals surface area contributed by atoms with Gasteiger partial charge in [-0.05, 0) is 92.8 Å². The minimum Gasteiger partial charge on any atom is -0.391 e. The van der Waals surface area contributed by atoms with Gasteiger partial charge in [0.1, 0.15) is 0 Å². The van der Waals surface area contributed by atoms with Crippen LogP contribution in [-0.4, -0.2) is 48.4 Å². The van der Waals surface area contributed by atoms with Crippen LogP contribution in [0.1, 0.15) is 66.3 Å². The molecule has 40 heavy (non-hydrogen) atoms. The number of benzene rings is 3. The number of carbonyl (C=O) groups is 2. The first kappa shape index (κ1) is 27.5. The van der Waals surface area contributed by atoms with Crippen LogP contribution < -0.4 is 15.5 Å². The second kappa shape index (κ2) is 12.0. The van der Waals surface area contributed by atoms with E-state index in [1.165, 1.54) is 24.1 Å². The number of hydrogen-bond acceptors (Lipinski definition) is 4. The summed E-state index contributed by atoms with van der Waals surface area (Å²) in [6.07, 6.45) is 5.63. The maximum Gasteiger partial charge on any atom is 0.255 e. The highest BCUT2D eigenvalue weighted by Crippen LogP contribution is 2.32. The lowest BCUT2D eigenvalue weighted by Crippen LogP contribution is -2.42. The number of hydrogen-bond donors (Lipinski definition) is 2. The van der Waals surface area contributed by atoms with Crippen LogP contribution in [0.15, 0.2) is 84.6 Å². The van der Waals surface area contributed by atoms with E-state index in [-0.39, 0.29) is 11.8 Å². The summed E-state index contributed by atoms with van der Waals surface area (Å²) in [4.78, 5) is 31.5. The van der Waals surface area contributed by atoms with E-state index in [1.54, 1.807) is 12.1 Å². The quantitative estimate of drug-likeness (QED) is 0.420. The van der Waals surface area contributed by atoms with Crippen LogP contribution in [0.4, 0.5) is 5.69 Å². The van der Waals surface area contributed by atoms with Gasteiger partial charge in [-0.3, -0.25) is 9.59 Å². The van der Waals surface area contributed by atoms with Crippen LogP contribution in [0.5, 0.6) is 0 Å². The third kappa shape index (κ3) is 6.56. The van der Waals surface area contributed by atoms with Crippen molar-refractivity contribution in [3.05, 3.63) is 101 Å². The first-order valence-corrected chi connectivity index (χ1v) is 14.3. The van der Waals surface area contributed by atoms with E-state index in [4.69, 9.17) is 0 Å². The lowest BCUT2D eigenvalue weighted by atomic mass is 10.00. The van der Waals surface area contributed by atoms with Crippen molar-refractivity contribution in [3.63, 3.8) is 0 Å². The Bertz CT molecular complexity index is 1390. The van der Waals surface area contributed by atoms with Gasteiger partial charge in [0.15, 0.2) is 0 Å². The Morgan fingerprint density at radius 3 is 2.40 bits per heavy atom. The van der Waals surface area contributed by atoms with Crippen molar-refractivity contribution in [1.82, 2.24) is 15.5 Å². The molecule has 6 heteroatoms. The summed E-state index contributed by atoms with van der Waals surface area (Å²) in [5.41, 5.74) is 6.41. The number of amides is 2. The maximum absolute atomic E-state index is 14.1. The minimum atomic E-state index is -0.398. The van der Waals surface area contributed by atoms with Gasteiger partial charge in [-0.1, -0.05) is 48.5 Å². The molecular weight excluding hydrogens is 496 g/mol. The second-order valence-electron chi connectivity index (χ2n) is 11.8. The minimum absolute atomic E-state index is 0.118. The maximum atomic E-state index is 14.1. The van der Waals surface area contributed by atoms with Crippen molar-refractivity contribution < 1.29 is 9.59 Å². The fourth-order valence-corrected chi connectivity index (χ4v) is 5.50. The molecule has 2 aliphatic heterocycles. The molecule has 0 fully saturated rings. The summed E-state index contributed by atoms with van der Waals surface area (Å²) >= 11 is 0. The normalized spacial score (nSPS) is 15.7. The highest BCUT2D eigenvalue weighted by Gasteiger charge is 2.28. The number of anilines is 1. The number of nitrogens with one attached hydrogen (secondary N) is 2. The van der Waals surface area contributed by atoms with Crippen molar-refractivity contribution in [2.24, 2.45) is 0 Å². The molecule has 2 N–H and O–H groups in total. The molecule has 0 atom stereocenters. The van der Waals surface area contributed by atoms with Gasteiger partial charge in [-0.2, -0.15) is 0 Å².